The third-order valence-corrected chi connectivity index (χ3v) is 5.08. The minimum atomic E-state index is -3.73. The van der Waals surface area contributed by atoms with Gasteiger partial charge in [0.25, 0.3) is 5.69 Å². The Bertz CT molecular complexity index is 623. The monoisotopic (exact) mass is 314 g/mol. The van der Waals surface area contributed by atoms with E-state index < -0.39 is 26.4 Å². The van der Waals surface area contributed by atoms with Gasteiger partial charge in [-0.05, 0) is 24.8 Å². The maximum absolute atomic E-state index is 12.2. The van der Waals surface area contributed by atoms with Crippen LogP contribution in [-0.4, -0.2) is 24.2 Å². The van der Waals surface area contributed by atoms with Crippen LogP contribution in [0.2, 0.25) is 0 Å². The summed E-state index contributed by atoms with van der Waals surface area (Å²) in [6.45, 7) is 0. The zero-order chi connectivity index (χ0) is 15.5. The second kappa shape index (κ2) is 6.30. The first-order valence-electron chi connectivity index (χ1n) is 6.86. The van der Waals surface area contributed by atoms with Gasteiger partial charge >= 0.3 is 0 Å². The Morgan fingerprint density at radius 3 is 2.57 bits per heavy atom. The van der Waals surface area contributed by atoms with Crippen molar-refractivity contribution in [2.24, 2.45) is 5.92 Å². The van der Waals surface area contributed by atoms with E-state index in [2.05, 4.69) is 4.72 Å². The van der Waals surface area contributed by atoms with Gasteiger partial charge in [-0.1, -0.05) is 25.3 Å². The molecule has 1 saturated carbocycles. The number of phenols is 1. The minimum Gasteiger partial charge on any atom is -0.505 e. The van der Waals surface area contributed by atoms with Gasteiger partial charge in [-0.2, -0.15) is 0 Å². The Labute approximate surface area is 123 Å². The molecular weight excluding hydrogens is 296 g/mol. The van der Waals surface area contributed by atoms with Crippen molar-refractivity contribution in [1.29, 1.82) is 0 Å². The fourth-order valence-electron chi connectivity index (χ4n) is 2.65. The van der Waals surface area contributed by atoms with Gasteiger partial charge in [0.1, 0.15) is 5.75 Å². The third kappa shape index (κ3) is 4.07. The van der Waals surface area contributed by atoms with E-state index >= 15 is 0 Å². The summed E-state index contributed by atoms with van der Waals surface area (Å²) >= 11 is 0. The highest BCUT2D eigenvalue weighted by Gasteiger charge is 2.26. The first kappa shape index (κ1) is 15.6. The molecule has 0 atom stereocenters. The fourth-order valence-corrected chi connectivity index (χ4v) is 4.20. The average Bonchev–Trinajstić information content (AvgIpc) is 2.41. The van der Waals surface area contributed by atoms with Gasteiger partial charge in [-0.3, -0.25) is 14.8 Å². The van der Waals surface area contributed by atoms with E-state index in [4.69, 9.17) is 0 Å². The molecule has 0 heterocycles. The molecule has 21 heavy (non-hydrogen) atoms. The van der Waals surface area contributed by atoms with Crippen LogP contribution < -0.4 is 4.72 Å². The van der Waals surface area contributed by atoms with Crippen LogP contribution in [-0.2, 0) is 10.0 Å². The van der Waals surface area contributed by atoms with Crippen molar-refractivity contribution in [3.05, 3.63) is 28.3 Å². The van der Waals surface area contributed by atoms with Crippen LogP contribution in [0.5, 0.6) is 5.75 Å². The lowest BCUT2D eigenvalue weighted by atomic mass is 9.91. The van der Waals surface area contributed by atoms with E-state index in [1.165, 1.54) is 12.1 Å². The fraction of sp³-hybridized carbons (Fsp3) is 0.538. The summed E-state index contributed by atoms with van der Waals surface area (Å²) in [4.78, 5) is 10.2. The average molecular weight is 314 g/mol. The molecule has 1 aromatic rings. The summed E-state index contributed by atoms with van der Waals surface area (Å²) in [5.41, 5.74) is -0.819. The SMILES string of the molecule is O=[N+]([O-])c1cccc(O)c1NS(=O)(=O)CC1CCCCC1. The van der Waals surface area contributed by atoms with Crippen LogP contribution in [0.1, 0.15) is 32.1 Å². The number of nitrogens with one attached hydrogen (secondary N) is 1. The number of nitro groups is 1. The van der Waals surface area contributed by atoms with E-state index in [-0.39, 0.29) is 17.4 Å². The molecule has 0 spiro atoms. The zero-order valence-electron chi connectivity index (χ0n) is 11.5. The molecule has 8 heteroatoms. The summed E-state index contributed by atoms with van der Waals surface area (Å²) in [6, 6.07) is 3.66. The minimum absolute atomic E-state index is 0.0705. The Morgan fingerprint density at radius 1 is 1.29 bits per heavy atom. The zero-order valence-corrected chi connectivity index (χ0v) is 12.3. The number of nitro benzene ring substituents is 1. The normalized spacial score (nSPS) is 16.6. The van der Waals surface area contributed by atoms with Crippen molar-refractivity contribution >= 4 is 21.4 Å². The molecule has 7 nitrogen and oxygen atoms in total. The second-order valence-corrected chi connectivity index (χ2v) is 7.08. The van der Waals surface area contributed by atoms with Crippen LogP contribution in [0.3, 0.4) is 0 Å². The molecule has 1 aliphatic carbocycles. The summed E-state index contributed by atoms with van der Waals surface area (Å²) < 4.78 is 26.5. The first-order chi connectivity index (χ1) is 9.89. The van der Waals surface area contributed by atoms with Gasteiger partial charge in [0, 0.05) is 6.07 Å². The Kier molecular flexibility index (Phi) is 4.66. The van der Waals surface area contributed by atoms with Crippen LogP contribution >= 0.6 is 0 Å². The van der Waals surface area contributed by atoms with E-state index in [1.54, 1.807) is 0 Å². The van der Waals surface area contributed by atoms with Crippen LogP contribution in [0.15, 0.2) is 18.2 Å². The molecule has 0 bridgehead atoms. The molecule has 0 aliphatic heterocycles. The quantitative estimate of drug-likeness (QED) is 0.493. The number of rotatable bonds is 5. The van der Waals surface area contributed by atoms with Gasteiger partial charge in [0.15, 0.2) is 5.69 Å². The second-order valence-electron chi connectivity index (χ2n) is 5.32. The predicted octanol–water partition coefficient (Wildman–Crippen LogP) is 2.62. The van der Waals surface area contributed by atoms with Crippen molar-refractivity contribution in [3.63, 3.8) is 0 Å². The smallest absolute Gasteiger partial charge is 0.297 e. The largest absolute Gasteiger partial charge is 0.505 e. The van der Waals surface area contributed by atoms with Crippen molar-refractivity contribution in [3.8, 4) is 5.75 Å². The lowest BCUT2D eigenvalue weighted by Gasteiger charge is -2.21. The molecule has 1 aromatic carbocycles. The number of sulfonamides is 1. The standard InChI is InChI=1S/C13H18N2O5S/c16-12-8-4-7-11(15(17)18)13(12)14-21(19,20)9-10-5-2-1-3-6-10/h4,7-8,10,14,16H,1-3,5-6,9H2. The number of anilines is 1. The maximum Gasteiger partial charge on any atom is 0.297 e. The molecular formula is C13H18N2O5S. The summed E-state index contributed by atoms with van der Waals surface area (Å²) in [5.74, 6) is -0.448. The Morgan fingerprint density at radius 2 is 1.95 bits per heavy atom. The lowest BCUT2D eigenvalue weighted by molar-refractivity contribution is -0.383. The Balaban J connectivity index is 2.18. The molecule has 116 valence electrons. The summed E-state index contributed by atoms with van der Waals surface area (Å²) in [7, 11) is -3.73. The molecule has 0 aromatic heterocycles. The van der Waals surface area contributed by atoms with Gasteiger partial charge < -0.3 is 5.11 Å². The van der Waals surface area contributed by atoms with E-state index in [0.717, 1.165) is 38.2 Å². The van der Waals surface area contributed by atoms with Crippen LogP contribution in [0.4, 0.5) is 11.4 Å². The third-order valence-electron chi connectivity index (χ3n) is 3.65. The number of nitrogens with zero attached hydrogens (tertiary/aromatic N) is 1. The maximum atomic E-state index is 12.2. The Hall–Kier alpha value is -1.83. The van der Waals surface area contributed by atoms with Crippen LogP contribution in [0, 0.1) is 16.0 Å². The predicted molar refractivity (Wildman–Crippen MR) is 78.7 cm³/mol. The van der Waals surface area contributed by atoms with Gasteiger partial charge in [0.05, 0.1) is 10.7 Å². The summed E-state index contributed by atoms with van der Waals surface area (Å²) in [5, 5.41) is 20.6. The molecule has 0 amide bonds. The van der Waals surface area contributed by atoms with E-state index in [9.17, 15) is 23.6 Å². The van der Waals surface area contributed by atoms with Gasteiger partial charge in [0.2, 0.25) is 10.0 Å². The van der Waals surface area contributed by atoms with Gasteiger partial charge in [-0.15, -0.1) is 0 Å². The van der Waals surface area contributed by atoms with Crippen molar-refractivity contribution < 1.29 is 18.4 Å². The van der Waals surface area contributed by atoms with Crippen LogP contribution in [0.25, 0.3) is 0 Å². The highest BCUT2D eigenvalue weighted by molar-refractivity contribution is 7.92. The number of benzene rings is 1. The number of aromatic hydroxyl groups is 1. The van der Waals surface area contributed by atoms with Crippen molar-refractivity contribution in [2.75, 3.05) is 10.5 Å². The number of hydrogen-bond acceptors (Lipinski definition) is 5. The van der Waals surface area contributed by atoms with Crippen molar-refractivity contribution in [1.82, 2.24) is 0 Å². The molecule has 2 rings (SSSR count). The van der Waals surface area contributed by atoms with E-state index in [0.29, 0.717) is 0 Å². The van der Waals surface area contributed by atoms with Crippen molar-refractivity contribution in [2.45, 2.75) is 32.1 Å². The lowest BCUT2D eigenvalue weighted by Crippen LogP contribution is -2.24. The molecule has 1 aliphatic rings. The molecule has 0 saturated heterocycles. The molecule has 1 fully saturated rings. The highest BCUT2D eigenvalue weighted by atomic mass is 32.2. The van der Waals surface area contributed by atoms with Gasteiger partial charge in [-0.25, -0.2) is 8.42 Å². The highest BCUT2D eigenvalue weighted by Crippen LogP contribution is 2.34. The number of para-hydroxylation sites is 1. The molecule has 0 unspecified atom stereocenters. The first-order valence-corrected chi connectivity index (χ1v) is 8.51. The topological polar surface area (TPSA) is 110 Å². The summed E-state index contributed by atoms with van der Waals surface area (Å²) in [6.07, 6.45) is 4.84. The number of phenolic OH excluding ortho intramolecular Hbond substituents is 1. The van der Waals surface area contributed by atoms with E-state index in [1.807, 2.05) is 0 Å². The number of hydrogen-bond donors (Lipinski definition) is 2. The molecule has 2 N–H and O–H groups in total. The molecule has 0 radical (unpaired) electrons.